The van der Waals surface area contributed by atoms with Gasteiger partial charge in [0.25, 0.3) is 0 Å². The third-order valence-corrected chi connectivity index (χ3v) is 5.32. The third kappa shape index (κ3) is 1.89. The molecule has 1 nitrogen and oxygen atoms in total. The SMILES string of the molecule is CC1CC(Cl)C(Cl)(C(C)C)C(O)(Cl)C1. The lowest BCUT2D eigenvalue weighted by Crippen LogP contribution is -2.59. The van der Waals surface area contributed by atoms with Crippen LogP contribution in [0.2, 0.25) is 0 Å². The van der Waals surface area contributed by atoms with Crippen LogP contribution in [0.25, 0.3) is 0 Å². The smallest absolute Gasteiger partial charge is 0.159 e. The molecule has 0 amide bonds. The van der Waals surface area contributed by atoms with Crippen LogP contribution in [-0.2, 0) is 0 Å². The molecule has 0 radical (unpaired) electrons. The van der Waals surface area contributed by atoms with E-state index in [1.54, 1.807) is 0 Å². The van der Waals surface area contributed by atoms with E-state index in [-0.39, 0.29) is 11.3 Å². The van der Waals surface area contributed by atoms with Gasteiger partial charge < -0.3 is 5.11 Å². The monoisotopic (exact) mass is 258 g/mol. The Kier molecular flexibility index (Phi) is 3.69. The molecule has 0 aromatic carbocycles. The van der Waals surface area contributed by atoms with Gasteiger partial charge in [-0.15, -0.1) is 23.2 Å². The van der Waals surface area contributed by atoms with Crippen molar-refractivity contribution in [1.82, 2.24) is 0 Å². The fourth-order valence-electron chi connectivity index (χ4n) is 2.27. The molecule has 14 heavy (non-hydrogen) atoms. The number of halogens is 3. The maximum atomic E-state index is 10.2. The van der Waals surface area contributed by atoms with E-state index in [1.165, 1.54) is 0 Å². The van der Waals surface area contributed by atoms with Crippen LogP contribution in [0.1, 0.15) is 33.6 Å². The molecule has 84 valence electrons. The van der Waals surface area contributed by atoms with E-state index in [0.717, 1.165) is 6.42 Å². The van der Waals surface area contributed by atoms with E-state index < -0.39 is 9.93 Å². The summed E-state index contributed by atoms with van der Waals surface area (Å²) < 4.78 is 0. The number of rotatable bonds is 1. The van der Waals surface area contributed by atoms with Gasteiger partial charge in [0.05, 0.1) is 5.38 Å². The lowest BCUT2D eigenvalue weighted by molar-refractivity contribution is 0.00894. The topological polar surface area (TPSA) is 20.2 Å². The Labute approximate surface area is 101 Å². The molecule has 0 saturated heterocycles. The molecule has 1 N–H and O–H groups in total. The van der Waals surface area contributed by atoms with Crippen LogP contribution in [0.15, 0.2) is 0 Å². The average Bonchev–Trinajstić information content (AvgIpc) is 1.98. The summed E-state index contributed by atoms with van der Waals surface area (Å²) in [5, 5.41) is 8.48. The van der Waals surface area contributed by atoms with Gasteiger partial charge in [-0.25, -0.2) is 0 Å². The van der Waals surface area contributed by atoms with E-state index in [2.05, 4.69) is 0 Å². The van der Waals surface area contributed by atoms with E-state index in [0.29, 0.717) is 12.3 Å². The first-order valence-corrected chi connectivity index (χ1v) is 6.15. The van der Waals surface area contributed by atoms with Gasteiger partial charge in [0.15, 0.2) is 5.06 Å². The van der Waals surface area contributed by atoms with Crippen molar-refractivity contribution in [3.05, 3.63) is 0 Å². The fraction of sp³-hybridized carbons (Fsp3) is 1.00. The van der Waals surface area contributed by atoms with Gasteiger partial charge in [0.1, 0.15) is 4.87 Å². The molecule has 0 aromatic rings. The zero-order valence-corrected chi connectivity index (χ0v) is 11.0. The molecular weight excluding hydrogens is 242 g/mol. The molecule has 1 aliphatic rings. The lowest BCUT2D eigenvalue weighted by atomic mass is 9.74. The molecule has 1 aliphatic carbocycles. The summed E-state index contributed by atoms with van der Waals surface area (Å²) >= 11 is 18.7. The Morgan fingerprint density at radius 1 is 1.36 bits per heavy atom. The van der Waals surface area contributed by atoms with Crippen LogP contribution in [0.4, 0.5) is 0 Å². The number of alkyl halides is 3. The van der Waals surface area contributed by atoms with Gasteiger partial charge in [0, 0.05) is 0 Å². The number of hydrogen-bond acceptors (Lipinski definition) is 1. The van der Waals surface area contributed by atoms with Crippen molar-refractivity contribution >= 4 is 34.8 Å². The second-order valence-corrected chi connectivity index (χ2v) is 6.47. The minimum atomic E-state index is -1.40. The van der Waals surface area contributed by atoms with Gasteiger partial charge >= 0.3 is 0 Å². The van der Waals surface area contributed by atoms with Gasteiger partial charge in [-0.2, -0.15) is 0 Å². The number of aliphatic hydroxyl groups is 1. The standard InChI is InChI=1S/C10H17Cl3O/c1-6(2)10(13)8(11)4-7(3)5-9(10,12)14/h6-8,14H,4-5H2,1-3H3. The molecule has 1 rings (SSSR count). The molecule has 0 heterocycles. The predicted octanol–water partition coefficient (Wildman–Crippen LogP) is 3.58. The van der Waals surface area contributed by atoms with E-state index >= 15 is 0 Å². The summed E-state index contributed by atoms with van der Waals surface area (Å²) in [6, 6.07) is 0. The summed E-state index contributed by atoms with van der Waals surface area (Å²) in [5.74, 6) is 0.354. The first-order valence-electron chi connectivity index (χ1n) is 4.96. The second-order valence-electron chi connectivity index (χ2n) is 4.69. The highest BCUT2D eigenvalue weighted by atomic mass is 35.5. The van der Waals surface area contributed by atoms with Crippen LogP contribution < -0.4 is 0 Å². The Morgan fingerprint density at radius 3 is 2.21 bits per heavy atom. The zero-order chi connectivity index (χ0) is 11.1. The summed E-state index contributed by atoms with van der Waals surface area (Å²) in [5.41, 5.74) is 0. The van der Waals surface area contributed by atoms with Gasteiger partial charge in [-0.05, 0) is 24.7 Å². The molecule has 4 heteroatoms. The molecule has 0 spiro atoms. The highest BCUT2D eigenvalue weighted by Gasteiger charge is 2.58. The summed E-state index contributed by atoms with van der Waals surface area (Å²) in [6.45, 7) is 5.90. The third-order valence-electron chi connectivity index (χ3n) is 3.11. The Morgan fingerprint density at radius 2 is 1.86 bits per heavy atom. The Bertz CT molecular complexity index is 217. The first-order chi connectivity index (χ1) is 6.22. The van der Waals surface area contributed by atoms with Crippen LogP contribution in [0.5, 0.6) is 0 Å². The summed E-state index contributed by atoms with van der Waals surface area (Å²) in [6.07, 6.45) is 1.30. The zero-order valence-electron chi connectivity index (χ0n) is 8.73. The van der Waals surface area contributed by atoms with Crippen LogP contribution >= 0.6 is 34.8 Å². The molecular formula is C10H17Cl3O. The van der Waals surface area contributed by atoms with Gasteiger partial charge in [0.2, 0.25) is 0 Å². The van der Waals surface area contributed by atoms with E-state index in [4.69, 9.17) is 34.8 Å². The Balaban J connectivity index is 3.01. The van der Waals surface area contributed by atoms with Crippen molar-refractivity contribution in [2.45, 2.75) is 48.9 Å². The molecule has 1 saturated carbocycles. The maximum absolute atomic E-state index is 10.2. The molecule has 4 unspecified atom stereocenters. The second kappa shape index (κ2) is 4.01. The van der Waals surface area contributed by atoms with Crippen molar-refractivity contribution < 1.29 is 5.11 Å². The molecule has 0 aromatic heterocycles. The normalized spacial score (nSPS) is 49.7. The van der Waals surface area contributed by atoms with Crippen molar-refractivity contribution in [3.63, 3.8) is 0 Å². The van der Waals surface area contributed by atoms with Crippen molar-refractivity contribution in [2.24, 2.45) is 11.8 Å². The number of hydrogen-bond donors (Lipinski definition) is 1. The maximum Gasteiger partial charge on any atom is 0.159 e. The van der Waals surface area contributed by atoms with Crippen molar-refractivity contribution in [1.29, 1.82) is 0 Å². The molecule has 0 bridgehead atoms. The van der Waals surface area contributed by atoms with Crippen molar-refractivity contribution in [2.75, 3.05) is 0 Å². The van der Waals surface area contributed by atoms with Crippen LogP contribution in [-0.4, -0.2) is 20.4 Å². The highest BCUT2D eigenvalue weighted by molar-refractivity contribution is 6.39. The fourth-order valence-corrected chi connectivity index (χ4v) is 3.84. The quantitative estimate of drug-likeness (QED) is 0.714. The summed E-state index contributed by atoms with van der Waals surface area (Å²) in [7, 11) is 0. The molecule has 0 aliphatic heterocycles. The van der Waals surface area contributed by atoms with Crippen molar-refractivity contribution in [3.8, 4) is 0 Å². The highest BCUT2D eigenvalue weighted by Crippen LogP contribution is 2.52. The molecule has 1 fully saturated rings. The van der Waals surface area contributed by atoms with E-state index in [1.807, 2.05) is 20.8 Å². The van der Waals surface area contributed by atoms with E-state index in [9.17, 15) is 5.11 Å². The summed E-state index contributed by atoms with van der Waals surface area (Å²) in [4.78, 5) is -0.928. The first kappa shape index (κ1) is 12.9. The minimum absolute atomic E-state index is 0.0432. The predicted molar refractivity (Wildman–Crippen MR) is 62.3 cm³/mol. The van der Waals surface area contributed by atoms with Gasteiger partial charge in [-0.3, -0.25) is 0 Å². The average molecular weight is 260 g/mol. The molecule has 4 atom stereocenters. The Hall–Kier alpha value is 0.830. The van der Waals surface area contributed by atoms with Crippen LogP contribution in [0.3, 0.4) is 0 Å². The minimum Gasteiger partial charge on any atom is -0.373 e. The van der Waals surface area contributed by atoms with Gasteiger partial charge in [-0.1, -0.05) is 32.4 Å². The van der Waals surface area contributed by atoms with Crippen LogP contribution in [0, 0.1) is 11.8 Å². The largest absolute Gasteiger partial charge is 0.373 e. The lowest BCUT2D eigenvalue weighted by Gasteiger charge is -2.50.